The fraction of sp³-hybridized carbons (Fsp3) is 0.500. The summed E-state index contributed by atoms with van der Waals surface area (Å²) in [6, 6.07) is 8.50. The molecule has 0 radical (unpaired) electrons. The first-order valence-corrected chi connectivity index (χ1v) is 6.32. The summed E-state index contributed by atoms with van der Waals surface area (Å²) in [7, 11) is 0. The summed E-state index contributed by atoms with van der Waals surface area (Å²) in [5, 5.41) is 8.64. The van der Waals surface area contributed by atoms with E-state index >= 15 is 0 Å². The third kappa shape index (κ3) is 4.69. The lowest BCUT2D eigenvalue weighted by Gasteiger charge is -2.06. The van der Waals surface area contributed by atoms with Crippen LogP contribution >= 0.6 is 11.8 Å². The second kappa shape index (κ2) is 6.88. The molecular weight excluding hydrogens is 206 g/mol. The lowest BCUT2D eigenvalue weighted by molar-refractivity contribution is 0.287. The molecule has 3 N–H and O–H groups in total. The molecule has 2 nitrogen and oxygen atoms in total. The van der Waals surface area contributed by atoms with Crippen molar-refractivity contribution in [1.82, 2.24) is 0 Å². The molecule has 84 valence electrons. The molecule has 1 atom stereocenters. The standard InChI is InChI=1S/C12H19NOS/c1-10(13)11-4-6-12(7-5-11)15-9-3-2-8-14/h4-7,10,14H,2-3,8-9,13H2,1H3. The minimum absolute atomic E-state index is 0.110. The van der Waals surface area contributed by atoms with Gasteiger partial charge in [-0.2, -0.15) is 0 Å². The van der Waals surface area contributed by atoms with Gasteiger partial charge in [0.1, 0.15) is 0 Å². The van der Waals surface area contributed by atoms with Crippen molar-refractivity contribution in [3.8, 4) is 0 Å². The number of hydrogen-bond acceptors (Lipinski definition) is 3. The highest BCUT2D eigenvalue weighted by Gasteiger charge is 1.99. The summed E-state index contributed by atoms with van der Waals surface area (Å²) in [4.78, 5) is 1.28. The van der Waals surface area contributed by atoms with Gasteiger partial charge in [-0.05, 0) is 43.2 Å². The number of nitrogens with two attached hydrogens (primary N) is 1. The highest BCUT2D eigenvalue weighted by Crippen LogP contribution is 2.21. The highest BCUT2D eigenvalue weighted by molar-refractivity contribution is 7.99. The van der Waals surface area contributed by atoms with Crippen LogP contribution in [0.4, 0.5) is 0 Å². The molecule has 0 bridgehead atoms. The summed E-state index contributed by atoms with van der Waals surface area (Å²) in [6.07, 6.45) is 1.96. The van der Waals surface area contributed by atoms with E-state index in [9.17, 15) is 0 Å². The second-order valence-electron chi connectivity index (χ2n) is 3.64. The van der Waals surface area contributed by atoms with E-state index in [-0.39, 0.29) is 6.04 Å². The Morgan fingerprint density at radius 2 is 1.93 bits per heavy atom. The Kier molecular flexibility index (Phi) is 5.76. The Hall–Kier alpha value is -0.510. The zero-order valence-corrected chi connectivity index (χ0v) is 9.96. The van der Waals surface area contributed by atoms with Gasteiger partial charge in [0.25, 0.3) is 0 Å². The monoisotopic (exact) mass is 225 g/mol. The first-order valence-electron chi connectivity index (χ1n) is 5.33. The van der Waals surface area contributed by atoms with Gasteiger partial charge < -0.3 is 10.8 Å². The first kappa shape index (κ1) is 12.6. The van der Waals surface area contributed by atoms with Gasteiger partial charge in [-0.3, -0.25) is 0 Å². The molecule has 0 spiro atoms. The van der Waals surface area contributed by atoms with E-state index in [1.54, 1.807) is 0 Å². The zero-order valence-electron chi connectivity index (χ0n) is 9.15. The summed E-state index contributed by atoms with van der Waals surface area (Å²) in [6.45, 7) is 2.29. The molecule has 0 aromatic heterocycles. The normalized spacial score (nSPS) is 12.7. The molecule has 0 saturated carbocycles. The minimum Gasteiger partial charge on any atom is -0.396 e. The molecule has 0 amide bonds. The van der Waals surface area contributed by atoms with Gasteiger partial charge in [0, 0.05) is 17.5 Å². The Labute approximate surface area is 95.9 Å². The number of hydrogen-bond donors (Lipinski definition) is 2. The zero-order chi connectivity index (χ0) is 11.1. The van der Waals surface area contributed by atoms with E-state index < -0.39 is 0 Å². The number of rotatable bonds is 6. The maximum atomic E-state index is 8.64. The van der Waals surface area contributed by atoms with Gasteiger partial charge in [-0.25, -0.2) is 0 Å². The van der Waals surface area contributed by atoms with Crippen LogP contribution < -0.4 is 5.73 Å². The fourth-order valence-corrected chi connectivity index (χ4v) is 2.18. The van der Waals surface area contributed by atoms with Crippen molar-refractivity contribution < 1.29 is 5.11 Å². The van der Waals surface area contributed by atoms with Gasteiger partial charge in [-0.15, -0.1) is 11.8 Å². The molecular formula is C12H19NOS. The molecule has 0 aliphatic heterocycles. The molecule has 1 rings (SSSR count). The molecule has 0 saturated heterocycles. The fourth-order valence-electron chi connectivity index (χ4n) is 1.27. The van der Waals surface area contributed by atoms with Crippen molar-refractivity contribution in [2.75, 3.05) is 12.4 Å². The predicted octanol–water partition coefficient (Wildman–Crippen LogP) is 2.57. The number of unbranched alkanes of at least 4 members (excludes halogenated alkanes) is 1. The smallest absolute Gasteiger partial charge is 0.0431 e. The molecule has 15 heavy (non-hydrogen) atoms. The molecule has 1 unspecified atom stereocenters. The minimum atomic E-state index is 0.110. The molecule has 0 aliphatic carbocycles. The predicted molar refractivity (Wildman–Crippen MR) is 66.1 cm³/mol. The van der Waals surface area contributed by atoms with Crippen LogP contribution in [-0.4, -0.2) is 17.5 Å². The van der Waals surface area contributed by atoms with Crippen molar-refractivity contribution in [1.29, 1.82) is 0 Å². The average Bonchev–Trinajstić information content (AvgIpc) is 2.25. The van der Waals surface area contributed by atoms with Gasteiger partial charge in [0.2, 0.25) is 0 Å². The van der Waals surface area contributed by atoms with Crippen LogP contribution in [0.1, 0.15) is 31.4 Å². The van der Waals surface area contributed by atoms with E-state index in [2.05, 4.69) is 24.3 Å². The Bertz CT molecular complexity index is 271. The van der Waals surface area contributed by atoms with E-state index in [1.165, 1.54) is 10.5 Å². The topological polar surface area (TPSA) is 46.2 Å². The highest BCUT2D eigenvalue weighted by atomic mass is 32.2. The first-order chi connectivity index (χ1) is 7.24. The van der Waals surface area contributed by atoms with E-state index in [1.807, 2.05) is 18.7 Å². The van der Waals surface area contributed by atoms with E-state index in [0.717, 1.165) is 18.6 Å². The summed E-state index contributed by atoms with van der Waals surface area (Å²) in [5.41, 5.74) is 6.94. The number of aliphatic hydroxyl groups excluding tert-OH is 1. The average molecular weight is 225 g/mol. The lowest BCUT2D eigenvalue weighted by atomic mass is 10.1. The van der Waals surface area contributed by atoms with Crippen molar-refractivity contribution in [2.24, 2.45) is 5.73 Å². The van der Waals surface area contributed by atoms with Crippen LogP contribution in [0.3, 0.4) is 0 Å². The van der Waals surface area contributed by atoms with Crippen LogP contribution in [-0.2, 0) is 0 Å². The Morgan fingerprint density at radius 3 is 2.47 bits per heavy atom. The van der Waals surface area contributed by atoms with Crippen LogP contribution in [0.15, 0.2) is 29.2 Å². The Morgan fingerprint density at radius 1 is 1.27 bits per heavy atom. The molecule has 0 fully saturated rings. The molecule has 0 aliphatic rings. The Balaban J connectivity index is 2.36. The van der Waals surface area contributed by atoms with Crippen molar-refractivity contribution >= 4 is 11.8 Å². The van der Waals surface area contributed by atoms with Crippen molar-refractivity contribution in [3.05, 3.63) is 29.8 Å². The van der Waals surface area contributed by atoms with Gasteiger partial charge >= 0.3 is 0 Å². The third-order valence-corrected chi connectivity index (χ3v) is 3.33. The number of aliphatic hydroxyl groups is 1. The van der Waals surface area contributed by atoms with Gasteiger partial charge in [0.05, 0.1) is 0 Å². The maximum Gasteiger partial charge on any atom is 0.0431 e. The quantitative estimate of drug-likeness (QED) is 0.578. The summed E-state index contributed by atoms with van der Waals surface area (Å²) in [5.74, 6) is 1.07. The van der Waals surface area contributed by atoms with Gasteiger partial charge in [-0.1, -0.05) is 12.1 Å². The summed E-state index contributed by atoms with van der Waals surface area (Å²) < 4.78 is 0. The molecule has 1 aromatic carbocycles. The molecule has 3 heteroatoms. The number of thioether (sulfide) groups is 1. The van der Waals surface area contributed by atoms with Crippen LogP contribution in [0.25, 0.3) is 0 Å². The maximum absolute atomic E-state index is 8.64. The van der Waals surface area contributed by atoms with Crippen LogP contribution in [0.5, 0.6) is 0 Å². The summed E-state index contributed by atoms with van der Waals surface area (Å²) >= 11 is 1.83. The van der Waals surface area contributed by atoms with Crippen LogP contribution in [0, 0.1) is 0 Å². The largest absolute Gasteiger partial charge is 0.396 e. The van der Waals surface area contributed by atoms with E-state index in [0.29, 0.717) is 6.61 Å². The SMILES string of the molecule is CC(N)c1ccc(SCCCCO)cc1. The third-order valence-electron chi connectivity index (χ3n) is 2.23. The van der Waals surface area contributed by atoms with E-state index in [4.69, 9.17) is 10.8 Å². The van der Waals surface area contributed by atoms with Crippen molar-refractivity contribution in [3.63, 3.8) is 0 Å². The van der Waals surface area contributed by atoms with Crippen molar-refractivity contribution in [2.45, 2.75) is 30.7 Å². The second-order valence-corrected chi connectivity index (χ2v) is 4.81. The molecule has 0 heterocycles. The molecule has 1 aromatic rings. The number of benzene rings is 1. The van der Waals surface area contributed by atoms with Gasteiger partial charge in [0.15, 0.2) is 0 Å². The van der Waals surface area contributed by atoms with Crippen LogP contribution in [0.2, 0.25) is 0 Å². The lowest BCUT2D eigenvalue weighted by Crippen LogP contribution is -2.04.